The summed E-state index contributed by atoms with van der Waals surface area (Å²) in [5, 5.41) is 0. The number of ether oxygens (including phenoxy) is 1. The Labute approximate surface area is 129 Å². The topological polar surface area (TPSA) is 90.0 Å². The maximum absolute atomic E-state index is 5.54. The standard InChI is InChI=1S/C15H20N6O/c1-9-8-22-5-4-21(9)14-10(2)11(3)19-13(20-14)12-6-17-15(16)18-7-12/h6-7,9H,4-5,8H2,1-3H3,(H2,16,17,18). The molecule has 2 aromatic rings. The van der Waals surface area contributed by atoms with Crippen LogP contribution in [-0.2, 0) is 4.74 Å². The van der Waals surface area contributed by atoms with E-state index in [4.69, 9.17) is 15.5 Å². The van der Waals surface area contributed by atoms with Crippen molar-refractivity contribution in [3.8, 4) is 11.4 Å². The van der Waals surface area contributed by atoms with Gasteiger partial charge in [0, 0.05) is 30.2 Å². The molecular weight excluding hydrogens is 280 g/mol. The lowest BCUT2D eigenvalue weighted by Gasteiger charge is -2.35. The highest BCUT2D eigenvalue weighted by Crippen LogP contribution is 2.26. The van der Waals surface area contributed by atoms with Gasteiger partial charge in [0.15, 0.2) is 5.82 Å². The first-order valence-electron chi connectivity index (χ1n) is 7.34. The molecule has 0 aromatic carbocycles. The molecule has 2 aromatic heterocycles. The molecule has 3 heterocycles. The molecule has 116 valence electrons. The van der Waals surface area contributed by atoms with Crippen LogP contribution in [0.15, 0.2) is 12.4 Å². The summed E-state index contributed by atoms with van der Waals surface area (Å²) in [5.41, 5.74) is 8.35. The molecule has 0 aliphatic carbocycles. The van der Waals surface area contributed by atoms with Crippen LogP contribution in [0, 0.1) is 13.8 Å². The molecule has 0 radical (unpaired) electrons. The van der Waals surface area contributed by atoms with Crippen molar-refractivity contribution in [2.45, 2.75) is 26.8 Å². The molecule has 1 atom stereocenters. The van der Waals surface area contributed by atoms with Crippen molar-refractivity contribution in [1.29, 1.82) is 0 Å². The van der Waals surface area contributed by atoms with E-state index >= 15 is 0 Å². The van der Waals surface area contributed by atoms with Gasteiger partial charge >= 0.3 is 0 Å². The summed E-state index contributed by atoms with van der Waals surface area (Å²) in [6.07, 6.45) is 3.30. The van der Waals surface area contributed by atoms with Gasteiger partial charge in [0.25, 0.3) is 0 Å². The summed E-state index contributed by atoms with van der Waals surface area (Å²) in [5.74, 6) is 1.82. The number of anilines is 2. The number of nitrogens with zero attached hydrogens (tertiary/aromatic N) is 5. The van der Waals surface area contributed by atoms with Crippen molar-refractivity contribution < 1.29 is 4.74 Å². The molecule has 3 rings (SSSR count). The van der Waals surface area contributed by atoms with E-state index in [1.807, 2.05) is 6.92 Å². The third-order valence-electron chi connectivity index (χ3n) is 3.93. The second kappa shape index (κ2) is 5.84. The highest BCUT2D eigenvalue weighted by atomic mass is 16.5. The lowest BCUT2D eigenvalue weighted by molar-refractivity contribution is 0.0984. The van der Waals surface area contributed by atoms with E-state index < -0.39 is 0 Å². The number of hydrogen-bond donors (Lipinski definition) is 1. The van der Waals surface area contributed by atoms with Crippen LogP contribution in [0.3, 0.4) is 0 Å². The van der Waals surface area contributed by atoms with E-state index in [0.717, 1.165) is 29.2 Å². The van der Waals surface area contributed by atoms with E-state index in [-0.39, 0.29) is 12.0 Å². The molecule has 22 heavy (non-hydrogen) atoms. The van der Waals surface area contributed by atoms with E-state index in [9.17, 15) is 0 Å². The van der Waals surface area contributed by atoms with Gasteiger partial charge in [-0.25, -0.2) is 19.9 Å². The maximum Gasteiger partial charge on any atom is 0.219 e. The second-order valence-corrected chi connectivity index (χ2v) is 5.53. The van der Waals surface area contributed by atoms with Gasteiger partial charge in [-0.3, -0.25) is 0 Å². The second-order valence-electron chi connectivity index (χ2n) is 5.53. The van der Waals surface area contributed by atoms with Crippen molar-refractivity contribution >= 4 is 11.8 Å². The summed E-state index contributed by atoms with van der Waals surface area (Å²) in [6.45, 7) is 8.44. The van der Waals surface area contributed by atoms with E-state index in [0.29, 0.717) is 19.0 Å². The van der Waals surface area contributed by atoms with E-state index in [1.165, 1.54) is 0 Å². The number of rotatable bonds is 2. The van der Waals surface area contributed by atoms with Crippen LogP contribution >= 0.6 is 0 Å². The summed E-state index contributed by atoms with van der Waals surface area (Å²) in [7, 11) is 0. The number of aromatic nitrogens is 4. The fraction of sp³-hybridized carbons (Fsp3) is 0.467. The van der Waals surface area contributed by atoms with Gasteiger partial charge in [-0.2, -0.15) is 0 Å². The Morgan fingerprint density at radius 3 is 2.64 bits per heavy atom. The maximum atomic E-state index is 5.54. The predicted octanol–water partition coefficient (Wildman–Crippen LogP) is 1.36. The Bertz CT molecular complexity index is 672. The van der Waals surface area contributed by atoms with Crippen LogP contribution in [0.1, 0.15) is 18.2 Å². The molecule has 0 saturated carbocycles. The van der Waals surface area contributed by atoms with Crippen LogP contribution in [0.4, 0.5) is 11.8 Å². The minimum absolute atomic E-state index is 0.245. The monoisotopic (exact) mass is 300 g/mol. The lowest BCUT2D eigenvalue weighted by atomic mass is 10.1. The number of nitrogens with two attached hydrogens (primary N) is 1. The highest BCUT2D eigenvalue weighted by molar-refractivity contribution is 5.59. The zero-order chi connectivity index (χ0) is 15.7. The van der Waals surface area contributed by atoms with E-state index in [1.54, 1.807) is 12.4 Å². The average Bonchev–Trinajstić information content (AvgIpc) is 2.51. The van der Waals surface area contributed by atoms with Crippen molar-refractivity contribution in [1.82, 2.24) is 19.9 Å². The molecule has 0 spiro atoms. The highest BCUT2D eigenvalue weighted by Gasteiger charge is 2.23. The van der Waals surface area contributed by atoms with Gasteiger partial charge in [0.1, 0.15) is 5.82 Å². The first kappa shape index (κ1) is 14.6. The fourth-order valence-corrected chi connectivity index (χ4v) is 2.52. The first-order chi connectivity index (χ1) is 10.6. The molecule has 1 saturated heterocycles. The molecule has 7 nitrogen and oxygen atoms in total. The molecule has 7 heteroatoms. The number of nitrogen functional groups attached to an aromatic ring is 1. The third-order valence-corrected chi connectivity index (χ3v) is 3.93. The van der Waals surface area contributed by atoms with Crippen LogP contribution in [0.2, 0.25) is 0 Å². The molecule has 1 unspecified atom stereocenters. The lowest BCUT2D eigenvalue weighted by Crippen LogP contribution is -2.44. The fourth-order valence-electron chi connectivity index (χ4n) is 2.52. The largest absolute Gasteiger partial charge is 0.377 e. The van der Waals surface area contributed by atoms with Crippen LogP contribution in [0.25, 0.3) is 11.4 Å². The first-order valence-corrected chi connectivity index (χ1v) is 7.34. The molecule has 0 amide bonds. The Balaban J connectivity index is 2.05. The normalized spacial score (nSPS) is 18.5. The molecular formula is C15H20N6O. The Morgan fingerprint density at radius 2 is 1.95 bits per heavy atom. The van der Waals surface area contributed by atoms with Gasteiger partial charge in [0.05, 0.1) is 24.8 Å². The van der Waals surface area contributed by atoms with Crippen molar-refractivity contribution in [3.63, 3.8) is 0 Å². The average molecular weight is 300 g/mol. The molecule has 1 fully saturated rings. The zero-order valence-corrected chi connectivity index (χ0v) is 13.1. The van der Waals surface area contributed by atoms with Gasteiger partial charge in [-0.15, -0.1) is 0 Å². The Kier molecular flexibility index (Phi) is 3.89. The minimum Gasteiger partial charge on any atom is -0.377 e. The molecule has 1 aliphatic rings. The SMILES string of the molecule is Cc1nc(-c2cnc(N)nc2)nc(N2CCOCC2C)c1C. The number of morpholine rings is 1. The smallest absolute Gasteiger partial charge is 0.219 e. The number of hydrogen-bond acceptors (Lipinski definition) is 7. The van der Waals surface area contributed by atoms with Crippen LogP contribution in [0.5, 0.6) is 0 Å². The van der Waals surface area contributed by atoms with Crippen molar-refractivity contribution in [2.75, 3.05) is 30.4 Å². The van der Waals surface area contributed by atoms with Gasteiger partial charge < -0.3 is 15.4 Å². The van der Waals surface area contributed by atoms with Gasteiger partial charge in [-0.05, 0) is 20.8 Å². The third kappa shape index (κ3) is 2.71. The minimum atomic E-state index is 0.245. The van der Waals surface area contributed by atoms with E-state index in [2.05, 4.69) is 33.7 Å². The molecule has 2 N–H and O–H groups in total. The predicted molar refractivity (Wildman–Crippen MR) is 84.6 cm³/mol. The summed E-state index contributed by atoms with van der Waals surface area (Å²) >= 11 is 0. The van der Waals surface area contributed by atoms with Crippen molar-refractivity contribution in [3.05, 3.63) is 23.7 Å². The van der Waals surface area contributed by atoms with Crippen LogP contribution < -0.4 is 10.6 Å². The molecule has 0 bridgehead atoms. The zero-order valence-electron chi connectivity index (χ0n) is 13.1. The quantitative estimate of drug-likeness (QED) is 0.895. The summed E-state index contributed by atoms with van der Waals surface area (Å²) in [4.78, 5) is 19.6. The molecule has 1 aliphatic heterocycles. The van der Waals surface area contributed by atoms with Crippen LogP contribution in [-0.4, -0.2) is 45.7 Å². The Hall–Kier alpha value is -2.28. The number of aryl methyl sites for hydroxylation is 1. The van der Waals surface area contributed by atoms with Gasteiger partial charge in [-0.1, -0.05) is 0 Å². The Morgan fingerprint density at radius 1 is 1.23 bits per heavy atom. The summed E-state index contributed by atoms with van der Waals surface area (Å²) in [6, 6.07) is 0.289. The summed E-state index contributed by atoms with van der Waals surface area (Å²) < 4.78 is 5.51. The van der Waals surface area contributed by atoms with Crippen molar-refractivity contribution in [2.24, 2.45) is 0 Å². The van der Waals surface area contributed by atoms with Gasteiger partial charge in [0.2, 0.25) is 5.95 Å².